The zero-order chi connectivity index (χ0) is 14.2. The summed E-state index contributed by atoms with van der Waals surface area (Å²) in [6.45, 7) is 0.104. The van der Waals surface area contributed by atoms with Crippen LogP contribution in [0, 0.1) is 0 Å². The maximum atomic E-state index is 12.0. The standard InChI is InChI=1S/C12H10ClN3O2S2/c13-10-5-6-12(19-10)20(17,18)14-7-11-15-8-3-1-2-4-9(8)16-11/h1-6,14H,7H2,(H,15,16). The molecule has 20 heavy (non-hydrogen) atoms. The molecule has 2 heterocycles. The molecule has 0 fully saturated rings. The molecule has 104 valence electrons. The van der Waals surface area contributed by atoms with Gasteiger partial charge in [-0.25, -0.2) is 18.1 Å². The number of halogens is 1. The Kier molecular flexibility index (Phi) is 3.51. The van der Waals surface area contributed by atoms with E-state index in [2.05, 4.69) is 14.7 Å². The lowest BCUT2D eigenvalue weighted by molar-refractivity contribution is 0.582. The Morgan fingerprint density at radius 2 is 2.05 bits per heavy atom. The van der Waals surface area contributed by atoms with Crippen molar-refractivity contribution in [1.29, 1.82) is 0 Å². The molecule has 8 heteroatoms. The number of hydrogen-bond donors (Lipinski definition) is 2. The summed E-state index contributed by atoms with van der Waals surface area (Å²) in [6, 6.07) is 10.6. The third-order valence-electron chi connectivity index (χ3n) is 2.68. The Labute approximate surface area is 124 Å². The van der Waals surface area contributed by atoms with Gasteiger partial charge in [-0.3, -0.25) is 0 Å². The minimum atomic E-state index is -3.55. The molecule has 2 N–H and O–H groups in total. The zero-order valence-electron chi connectivity index (χ0n) is 10.1. The van der Waals surface area contributed by atoms with Gasteiger partial charge in [0.25, 0.3) is 10.0 Å². The molecule has 0 aliphatic carbocycles. The lowest BCUT2D eigenvalue weighted by atomic mass is 10.3. The number of hydrogen-bond acceptors (Lipinski definition) is 4. The number of benzene rings is 1. The summed E-state index contributed by atoms with van der Waals surface area (Å²) in [5.74, 6) is 0.567. The van der Waals surface area contributed by atoms with Crippen LogP contribution in [0.3, 0.4) is 0 Å². The monoisotopic (exact) mass is 327 g/mol. The highest BCUT2D eigenvalue weighted by Gasteiger charge is 2.16. The van der Waals surface area contributed by atoms with Crippen LogP contribution in [0.1, 0.15) is 5.82 Å². The molecule has 2 aromatic heterocycles. The summed E-state index contributed by atoms with van der Waals surface area (Å²) in [4.78, 5) is 7.37. The van der Waals surface area contributed by atoms with E-state index in [1.54, 1.807) is 6.07 Å². The highest BCUT2D eigenvalue weighted by atomic mass is 35.5. The predicted octanol–water partition coefficient (Wildman–Crippen LogP) is 2.76. The molecule has 0 radical (unpaired) electrons. The summed E-state index contributed by atoms with van der Waals surface area (Å²) in [6.07, 6.45) is 0. The van der Waals surface area contributed by atoms with Gasteiger partial charge in [0.1, 0.15) is 10.0 Å². The molecule has 3 rings (SSSR count). The van der Waals surface area contributed by atoms with Crippen molar-refractivity contribution < 1.29 is 8.42 Å². The van der Waals surface area contributed by atoms with E-state index in [1.165, 1.54) is 6.07 Å². The first-order valence-electron chi connectivity index (χ1n) is 5.73. The molecular weight excluding hydrogens is 318 g/mol. The number of fused-ring (bicyclic) bond motifs is 1. The second-order valence-electron chi connectivity index (χ2n) is 4.08. The molecule has 0 atom stereocenters. The molecule has 5 nitrogen and oxygen atoms in total. The highest BCUT2D eigenvalue weighted by Crippen LogP contribution is 2.25. The van der Waals surface area contributed by atoms with Crippen molar-refractivity contribution in [1.82, 2.24) is 14.7 Å². The quantitative estimate of drug-likeness (QED) is 0.773. The third-order valence-corrected chi connectivity index (χ3v) is 5.81. The first kappa shape index (κ1) is 13.6. The Balaban J connectivity index is 1.79. The second-order valence-corrected chi connectivity index (χ2v) is 7.79. The van der Waals surface area contributed by atoms with Crippen LogP contribution < -0.4 is 4.72 Å². The van der Waals surface area contributed by atoms with Crippen LogP contribution in [0.2, 0.25) is 4.34 Å². The van der Waals surface area contributed by atoms with E-state index in [-0.39, 0.29) is 10.8 Å². The number of imidazole rings is 1. The molecule has 0 amide bonds. The highest BCUT2D eigenvalue weighted by molar-refractivity contribution is 7.91. The molecule has 0 saturated carbocycles. The lowest BCUT2D eigenvalue weighted by Crippen LogP contribution is -2.22. The van der Waals surface area contributed by atoms with Gasteiger partial charge in [-0.1, -0.05) is 23.7 Å². The van der Waals surface area contributed by atoms with Crippen molar-refractivity contribution >= 4 is 44.0 Å². The summed E-state index contributed by atoms with van der Waals surface area (Å²) >= 11 is 6.76. The molecular formula is C12H10ClN3O2S2. The molecule has 0 bridgehead atoms. The summed E-state index contributed by atoms with van der Waals surface area (Å²) in [5, 5.41) is 0. The molecule has 0 aliphatic rings. The van der Waals surface area contributed by atoms with Gasteiger partial charge in [0.2, 0.25) is 0 Å². The van der Waals surface area contributed by atoms with Crippen molar-refractivity contribution in [3.05, 3.63) is 46.6 Å². The minimum absolute atomic E-state index is 0.104. The molecule has 1 aromatic carbocycles. The second kappa shape index (κ2) is 5.17. The summed E-state index contributed by atoms with van der Waals surface area (Å²) in [5.41, 5.74) is 1.68. The van der Waals surface area contributed by atoms with Crippen molar-refractivity contribution in [2.75, 3.05) is 0 Å². The van der Waals surface area contributed by atoms with Gasteiger partial charge in [0.15, 0.2) is 0 Å². The smallest absolute Gasteiger partial charge is 0.250 e. The fraction of sp³-hybridized carbons (Fsp3) is 0.0833. The van der Waals surface area contributed by atoms with Crippen LogP contribution in [0.25, 0.3) is 11.0 Å². The number of aromatic nitrogens is 2. The maximum Gasteiger partial charge on any atom is 0.250 e. The molecule has 0 saturated heterocycles. The van der Waals surface area contributed by atoms with E-state index in [1.807, 2.05) is 24.3 Å². The van der Waals surface area contributed by atoms with E-state index in [0.29, 0.717) is 10.2 Å². The zero-order valence-corrected chi connectivity index (χ0v) is 12.5. The number of H-pyrrole nitrogens is 1. The van der Waals surface area contributed by atoms with Gasteiger partial charge >= 0.3 is 0 Å². The fourth-order valence-corrected chi connectivity index (χ4v) is 4.28. The van der Waals surface area contributed by atoms with E-state index < -0.39 is 10.0 Å². The molecule has 0 unspecified atom stereocenters. The van der Waals surface area contributed by atoms with Gasteiger partial charge in [-0.15, -0.1) is 11.3 Å². The fourth-order valence-electron chi connectivity index (χ4n) is 1.77. The van der Waals surface area contributed by atoms with Gasteiger partial charge in [0, 0.05) is 0 Å². The Bertz CT molecular complexity index is 821. The molecule has 3 aromatic rings. The average Bonchev–Trinajstić information content (AvgIpc) is 3.02. The van der Waals surface area contributed by atoms with E-state index in [4.69, 9.17) is 11.6 Å². The number of sulfonamides is 1. The van der Waals surface area contributed by atoms with Crippen LogP contribution >= 0.6 is 22.9 Å². The largest absolute Gasteiger partial charge is 0.341 e. The Morgan fingerprint density at radius 1 is 1.25 bits per heavy atom. The number of nitrogens with one attached hydrogen (secondary N) is 2. The number of aromatic amines is 1. The van der Waals surface area contributed by atoms with Crippen LogP contribution in [-0.2, 0) is 16.6 Å². The van der Waals surface area contributed by atoms with Gasteiger partial charge < -0.3 is 4.98 Å². The van der Waals surface area contributed by atoms with Gasteiger partial charge in [-0.2, -0.15) is 0 Å². The lowest BCUT2D eigenvalue weighted by Gasteiger charge is -2.01. The first-order valence-corrected chi connectivity index (χ1v) is 8.41. The molecule has 0 spiro atoms. The first-order chi connectivity index (χ1) is 9.54. The Hall–Kier alpha value is -1.41. The predicted molar refractivity (Wildman–Crippen MR) is 79.4 cm³/mol. The summed E-state index contributed by atoms with van der Waals surface area (Å²) < 4.78 is 27.2. The van der Waals surface area contributed by atoms with Gasteiger partial charge in [-0.05, 0) is 24.3 Å². The third kappa shape index (κ3) is 2.71. The van der Waals surface area contributed by atoms with Crippen LogP contribution in [-0.4, -0.2) is 18.4 Å². The van der Waals surface area contributed by atoms with E-state index in [0.717, 1.165) is 22.4 Å². The van der Waals surface area contributed by atoms with Crippen molar-refractivity contribution in [2.45, 2.75) is 10.8 Å². The van der Waals surface area contributed by atoms with Crippen molar-refractivity contribution in [3.8, 4) is 0 Å². The number of para-hydroxylation sites is 2. The van der Waals surface area contributed by atoms with E-state index in [9.17, 15) is 8.42 Å². The topological polar surface area (TPSA) is 74.8 Å². The number of thiophene rings is 1. The van der Waals surface area contributed by atoms with Crippen LogP contribution in [0.4, 0.5) is 0 Å². The van der Waals surface area contributed by atoms with Gasteiger partial charge in [0.05, 0.1) is 21.9 Å². The SMILES string of the molecule is O=S(=O)(NCc1nc2ccccc2[nH]1)c1ccc(Cl)s1. The summed E-state index contributed by atoms with van der Waals surface area (Å²) in [7, 11) is -3.55. The van der Waals surface area contributed by atoms with E-state index >= 15 is 0 Å². The molecule has 0 aliphatic heterocycles. The van der Waals surface area contributed by atoms with Crippen LogP contribution in [0.15, 0.2) is 40.6 Å². The van der Waals surface area contributed by atoms with Crippen LogP contribution in [0.5, 0.6) is 0 Å². The maximum absolute atomic E-state index is 12.0. The number of rotatable bonds is 4. The van der Waals surface area contributed by atoms with Crippen molar-refractivity contribution in [2.24, 2.45) is 0 Å². The normalized spacial score (nSPS) is 12.1. The Morgan fingerprint density at radius 3 is 2.75 bits per heavy atom. The minimum Gasteiger partial charge on any atom is -0.341 e. The van der Waals surface area contributed by atoms with Crippen molar-refractivity contribution in [3.63, 3.8) is 0 Å². The number of nitrogens with zero attached hydrogens (tertiary/aromatic N) is 1. The average molecular weight is 328 g/mol.